The van der Waals surface area contributed by atoms with Crippen LogP contribution in [0.25, 0.3) is 0 Å². The van der Waals surface area contributed by atoms with Crippen molar-refractivity contribution in [3.8, 4) is 5.75 Å². The minimum atomic E-state index is -0.271. The second kappa shape index (κ2) is 7.27. The van der Waals surface area contributed by atoms with E-state index in [-0.39, 0.29) is 5.91 Å². The molecule has 1 aliphatic heterocycles. The Morgan fingerprint density at radius 2 is 1.96 bits per heavy atom. The molecule has 0 spiro atoms. The number of aryl methyl sites for hydroxylation is 1. The third-order valence-electron chi connectivity index (χ3n) is 3.80. The largest absolute Gasteiger partial charge is 0.495 e. The van der Waals surface area contributed by atoms with Gasteiger partial charge in [0, 0.05) is 25.5 Å². The molecule has 1 fully saturated rings. The Morgan fingerprint density at radius 1 is 1.25 bits per heavy atom. The molecule has 0 radical (unpaired) electrons. The molecule has 24 heavy (non-hydrogen) atoms. The molecule has 0 bridgehead atoms. The molecule has 1 aromatic carbocycles. The molecule has 0 unspecified atom stereocenters. The van der Waals surface area contributed by atoms with Gasteiger partial charge in [0.25, 0.3) is 5.91 Å². The van der Waals surface area contributed by atoms with Gasteiger partial charge in [-0.2, -0.15) is 0 Å². The highest BCUT2D eigenvalue weighted by molar-refractivity contribution is 6.04. The van der Waals surface area contributed by atoms with Crippen molar-refractivity contribution < 1.29 is 14.3 Å². The van der Waals surface area contributed by atoms with Gasteiger partial charge in [-0.15, -0.1) is 0 Å². The van der Waals surface area contributed by atoms with E-state index in [1.54, 1.807) is 7.11 Å². The van der Waals surface area contributed by atoms with Crippen LogP contribution in [0.1, 0.15) is 15.9 Å². The number of methoxy groups -OCH3 is 1. The van der Waals surface area contributed by atoms with Gasteiger partial charge in [0.15, 0.2) is 0 Å². The summed E-state index contributed by atoms with van der Waals surface area (Å²) >= 11 is 0. The number of morpholine rings is 1. The topological polar surface area (TPSA) is 76.6 Å². The van der Waals surface area contributed by atoms with Crippen molar-refractivity contribution in [2.24, 2.45) is 0 Å². The molecule has 7 nitrogen and oxygen atoms in total. The molecule has 0 saturated carbocycles. The molecule has 0 atom stereocenters. The van der Waals surface area contributed by atoms with E-state index < -0.39 is 0 Å². The highest BCUT2D eigenvalue weighted by Crippen LogP contribution is 2.25. The molecule has 1 N–H and O–H groups in total. The number of rotatable bonds is 4. The summed E-state index contributed by atoms with van der Waals surface area (Å²) in [6, 6.07) is 5.61. The van der Waals surface area contributed by atoms with Gasteiger partial charge in [0.2, 0.25) is 5.95 Å². The molecule has 7 heteroatoms. The maximum atomic E-state index is 12.4. The standard InChI is InChI=1S/C17H20N4O3/c1-12-3-4-15(23-2)14(9-12)20-16(22)13-10-18-17(19-11-13)21-5-7-24-8-6-21/h3-4,9-11H,5-8H2,1-2H3,(H,20,22). The van der Waals surface area contributed by atoms with Crippen LogP contribution < -0.4 is 15.0 Å². The quantitative estimate of drug-likeness (QED) is 0.923. The zero-order chi connectivity index (χ0) is 16.9. The highest BCUT2D eigenvalue weighted by Gasteiger charge is 2.15. The van der Waals surface area contributed by atoms with E-state index >= 15 is 0 Å². The number of carbonyl (C=O) groups is 1. The molecule has 1 saturated heterocycles. The molecule has 2 aromatic rings. The zero-order valence-electron chi connectivity index (χ0n) is 13.8. The Labute approximate surface area is 140 Å². The number of benzene rings is 1. The predicted octanol–water partition coefficient (Wildman–Crippen LogP) is 1.88. The third kappa shape index (κ3) is 3.62. The number of aromatic nitrogens is 2. The fourth-order valence-electron chi connectivity index (χ4n) is 2.48. The summed E-state index contributed by atoms with van der Waals surface area (Å²) in [5.41, 5.74) is 2.06. The summed E-state index contributed by atoms with van der Waals surface area (Å²) in [5.74, 6) is 0.954. The van der Waals surface area contributed by atoms with Gasteiger partial charge >= 0.3 is 0 Å². The summed E-state index contributed by atoms with van der Waals surface area (Å²) in [6.45, 7) is 4.80. The van der Waals surface area contributed by atoms with Crippen LogP contribution in [0.2, 0.25) is 0 Å². The summed E-state index contributed by atoms with van der Waals surface area (Å²) in [6.07, 6.45) is 3.07. The Bertz CT molecular complexity index is 712. The van der Waals surface area contributed by atoms with E-state index in [1.165, 1.54) is 12.4 Å². The van der Waals surface area contributed by atoms with Crippen molar-refractivity contribution in [2.75, 3.05) is 43.6 Å². The van der Waals surface area contributed by atoms with Crippen molar-refractivity contribution in [1.29, 1.82) is 0 Å². The van der Waals surface area contributed by atoms with E-state index in [9.17, 15) is 4.79 Å². The van der Waals surface area contributed by atoms with Crippen molar-refractivity contribution in [3.05, 3.63) is 41.7 Å². The van der Waals surface area contributed by atoms with Gasteiger partial charge in [-0.3, -0.25) is 4.79 Å². The highest BCUT2D eigenvalue weighted by atomic mass is 16.5. The Kier molecular flexibility index (Phi) is 4.90. The summed E-state index contributed by atoms with van der Waals surface area (Å²) in [5, 5.41) is 2.84. The first-order valence-corrected chi connectivity index (χ1v) is 7.78. The van der Waals surface area contributed by atoms with Crippen molar-refractivity contribution in [2.45, 2.75) is 6.92 Å². The predicted molar refractivity (Wildman–Crippen MR) is 90.7 cm³/mol. The van der Waals surface area contributed by atoms with Crippen molar-refractivity contribution in [3.63, 3.8) is 0 Å². The molecule has 1 aliphatic rings. The number of anilines is 2. The number of hydrogen-bond donors (Lipinski definition) is 1. The van der Waals surface area contributed by atoms with Crippen molar-refractivity contribution in [1.82, 2.24) is 9.97 Å². The van der Waals surface area contributed by atoms with E-state index in [0.29, 0.717) is 36.2 Å². The fourth-order valence-corrected chi connectivity index (χ4v) is 2.48. The first kappa shape index (κ1) is 16.2. The molecule has 3 rings (SSSR count). The first-order valence-electron chi connectivity index (χ1n) is 7.78. The molecule has 2 heterocycles. The minimum Gasteiger partial charge on any atom is -0.495 e. The molecule has 0 aliphatic carbocycles. The third-order valence-corrected chi connectivity index (χ3v) is 3.80. The molecule has 126 valence electrons. The zero-order valence-corrected chi connectivity index (χ0v) is 13.8. The number of ether oxygens (including phenoxy) is 2. The van der Waals surface area contributed by atoms with E-state index in [2.05, 4.69) is 15.3 Å². The maximum Gasteiger partial charge on any atom is 0.258 e. The number of nitrogens with zero attached hydrogens (tertiary/aromatic N) is 3. The van der Waals surface area contributed by atoms with Gasteiger partial charge in [0.05, 0.1) is 31.6 Å². The Balaban J connectivity index is 1.72. The van der Waals surface area contributed by atoms with Gasteiger partial charge in [-0.05, 0) is 24.6 Å². The second-order valence-electron chi connectivity index (χ2n) is 5.53. The lowest BCUT2D eigenvalue weighted by Crippen LogP contribution is -2.37. The average molecular weight is 328 g/mol. The van der Waals surface area contributed by atoms with Crippen LogP contribution in [0.4, 0.5) is 11.6 Å². The van der Waals surface area contributed by atoms with Crippen LogP contribution in [-0.4, -0.2) is 49.3 Å². The van der Waals surface area contributed by atoms with E-state index in [1.807, 2.05) is 30.0 Å². The van der Waals surface area contributed by atoms with Gasteiger partial charge in [-0.25, -0.2) is 9.97 Å². The lowest BCUT2D eigenvalue weighted by Gasteiger charge is -2.26. The van der Waals surface area contributed by atoms with Crippen LogP contribution in [0.5, 0.6) is 5.75 Å². The molecular weight excluding hydrogens is 308 g/mol. The summed E-state index contributed by atoms with van der Waals surface area (Å²) in [4.78, 5) is 23.0. The number of carbonyl (C=O) groups excluding carboxylic acids is 1. The second-order valence-corrected chi connectivity index (χ2v) is 5.53. The summed E-state index contributed by atoms with van der Waals surface area (Å²) < 4.78 is 10.6. The lowest BCUT2D eigenvalue weighted by molar-refractivity contribution is 0.102. The van der Waals surface area contributed by atoms with Crippen molar-refractivity contribution >= 4 is 17.5 Å². The molecule has 1 aromatic heterocycles. The monoisotopic (exact) mass is 328 g/mol. The van der Waals surface area contributed by atoms with Crippen LogP contribution in [0, 0.1) is 6.92 Å². The first-order chi connectivity index (χ1) is 11.7. The minimum absolute atomic E-state index is 0.271. The molecular formula is C17H20N4O3. The normalized spacial score (nSPS) is 14.3. The van der Waals surface area contributed by atoms with Gasteiger partial charge in [0.1, 0.15) is 5.75 Å². The fraction of sp³-hybridized carbons (Fsp3) is 0.353. The number of amides is 1. The van der Waals surface area contributed by atoms with Crippen LogP contribution in [-0.2, 0) is 4.74 Å². The van der Waals surface area contributed by atoms with Crippen LogP contribution >= 0.6 is 0 Å². The van der Waals surface area contributed by atoms with Crippen LogP contribution in [0.15, 0.2) is 30.6 Å². The molecule has 1 amide bonds. The average Bonchev–Trinajstić information content (AvgIpc) is 2.63. The SMILES string of the molecule is COc1ccc(C)cc1NC(=O)c1cnc(N2CCOCC2)nc1. The van der Waals surface area contributed by atoms with E-state index in [4.69, 9.17) is 9.47 Å². The van der Waals surface area contributed by atoms with Gasteiger partial charge in [-0.1, -0.05) is 6.07 Å². The Morgan fingerprint density at radius 3 is 2.62 bits per heavy atom. The maximum absolute atomic E-state index is 12.4. The van der Waals surface area contributed by atoms with Crippen LogP contribution in [0.3, 0.4) is 0 Å². The van der Waals surface area contributed by atoms with Gasteiger partial charge < -0.3 is 19.7 Å². The number of hydrogen-bond acceptors (Lipinski definition) is 6. The summed E-state index contributed by atoms with van der Waals surface area (Å²) in [7, 11) is 1.57. The number of nitrogens with one attached hydrogen (secondary N) is 1. The smallest absolute Gasteiger partial charge is 0.258 e. The Hall–Kier alpha value is -2.67. The lowest BCUT2D eigenvalue weighted by atomic mass is 10.2. The van der Waals surface area contributed by atoms with E-state index in [0.717, 1.165) is 18.7 Å².